The minimum Gasteiger partial charge on any atom is -0.424 e. The highest BCUT2D eigenvalue weighted by Gasteiger charge is 2.33. The maximum atomic E-state index is 13.0. The summed E-state index contributed by atoms with van der Waals surface area (Å²) < 4.78 is 18.6. The molecule has 6 heteroatoms. The van der Waals surface area contributed by atoms with Gasteiger partial charge in [-0.25, -0.2) is 4.39 Å². The summed E-state index contributed by atoms with van der Waals surface area (Å²) in [6, 6.07) is 6.45. The number of aliphatic hydroxyl groups is 1. The van der Waals surface area contributed by atoms with Gasteiger partial charge in [0.05, 0.1) is 12.6 Å². The number of aryl methyl sites for hydroxylation is 1. The van der Waals surface area contributed by atoms with Crippen molar-refractivity contribution in [2.75, 3.05) is 6.54 Å². The second-order valence-electron chi connectivity index (χ2n) is 5.33. The Morgan fingerprint density at radius 3 is 2.67 bits per heavy atom. The van der Waals surface area contributed by atoms with Crippen LogP contribution in [-0.2, 0) is 13.0 Å². The fraction of sp³-hybridized carbons (Fsp3) is 0.467. The Hall–Kier alpha value is -1.79. The molecule has 5 nitrogen and oxygen atoms in total. The van der Waals surface area contributed by atoms with Gasteiger partial charge < -0.3 is 9.52 Å². The highest BCUT2D eigenvalue weighted by atomic mass is 19.1. The molecule has 2 aromatic rings. The third kappa shape index (κ3) is 3.11. The lowest BCUT2D eigenvalue weighted by atomic mass is 10.0. The van der Waals surface area contributed by atoms with Crippen LogP contribution in [0.3, 0.4) is 0 Å². The lowest BCUT2D eigenvalue weighted by molar-refractivity contribution is 0.167. The first-order valence-electron chi connectivity index (χ1n) is 7.14. The van der Waals surface area contributed by atoms with Crippen LogP contribution in [0.2, 0.25) is 0 Å². The molecule has 1 aromatic heterocycles. The summed E-state index contributed by atoms with van der Waals surface area (Å²) in [5, 5.41) is 17.9. The van der Waals surface area contributed by atoms with Gasteiger partial charge in [-0.05, 0) is 24.1 Å². The van der Waals surface area contributed by atoms with Crippen LogP contribution in [0.1, 0.15) is 36.7 Å². The van der Waals surface area contributed by atoms with Crippen molar-refractivity contribution in [3.05, 3.63) is 47.4 Å². The fourth-order valence-corrected chi connectivity index (χ4v) is 2.75. The zero-order chi connectivity index (χ0) is 14.8. The van der Waals surface area contributed by atoms with Crippen LogP contribution in [-0.4, -0.2) is 32.9 Å². The van der Waals surface area contributed by atoms with E-state index in [4.69, 9.17) is 4.42 Å². The zero-order valence-corrected chi connectivity index (χ0v) is 11.9. The number of rotatable bonds is 4. The van der Waals surface area contributed by atoms with Gasteiger partial charge in [-0.1, -0.05) is 19.1 Å². The SMILES string of the molecule is CCc1nnc(CN2C[C@H](O)C[C@H]2c2ccc(F)cc2)o1. The molecule has 0 spiro atoms. The number of aromatic nitrogens is 2. The van der Waals surface area contributed by atoms with Crippen LogP contribution in [0.25, 0.3) is 0 Å². The van der Waals surface area contributed by atoms with E-state index in [-0.39, 0.29) is 11.9 Å². The first-order valence-corrected chi connectivity index (χ1v) is 7.14. The summed E-state index contributed by atoms with van der Waals surface area (Å²) in [5.41, 5.74) is 0.989. The van der Waals surface area contributed by atoms with Gasteiger partial charge in [-0.2, -0.15) is 0 Å². The summed E-state index contributed by atoms with van der Waals surface area (Å²) in [5.74, 6) is 0.907. The molecule has 3 rings (SSSR count). The second-order valence-corrected chi connectivity index (χ2v) is 5.33. The Morgan fingerprint density at radius 1 is 1.29 bits per heavy atom. The van der Waals surface area contributed by atoms with Crippen LogP contribution in [0.4, 0.5) is 4.39 Å². The van der Waals surface area contributed by atoms with E-state index in [0.717, 1.165) is 5.56 Å². The van der Waals surface area contributed by atoms with E-state index in [1.165, 1.54) is 12.1 Å². The number of hydrogen-bond donors (Lipinski definition) is 1. The molecule has 21 heavy (non-hydrogen) atoms. The third-order valence-corrected chi connectivity index (χ3v) is 3.79. The molecule has 112 valence electrons. The molecule has 0 amide bonds. The lowest BCUT2D eigenvalue weighted by Crippen LogP contribution is -2.24. The minimum absolute atomic E-state index is 0.0394. The van der Waals surface area contributed by atoms with Crippen molar-refractivity contribution >= 4 is 0 Å². The maximum Gasteiger partial charge on any atom is 0.230 e. The summed E-state index contributed by atoms with van der Waals surface area (Å²) in [6.45, 7) is 3.00. The molecule has 0 radical (unpaired) electrons. The largest absolute Gasteiger partial charge is 0.424 e. The van der Waals surface area contributed by atoms with Gasteiger partial charge in [0.15, 0.2) is 0 Å². The predicted molar refractivity (Wildman–Crippen MR) is 73.9 cm³/mol. The number of halogens is 1. The standard InChI is InChI=1S/C15H18FN3O2/c1-2-14-17-18-15(21-14)9-19-8-12(20)7-13(19)10-3-5-11(16)6-4-10/h3-6,12-13,20H,2,7-9H2,1H3/t12-,13+/m1/s1. The van der Waals surface area contributed by atoms with Crippen LogP contribution in [0.5, 0.6) is 0 Å². The average molecular weight is 291 g/mol. The Balaban J connectivity index is 1.77. The monoisotopic (exact) mass is 291 g/mol. The van der Waals surface area contributed by atoms with Gasteiger partial charge in [0.25, 0.3) is 0 Å². The molecule has 1 aliphatic heterocycles. The number of likely N-dealkylation sites (tertiary alicyclic amines) is 1. The number of nitrogens with zero attached hydrogens (tertiary/aromatic N) is 3. The van der Waals surface area contributed by atoms with Gasteiger partial charge in [0.1, 0.15) is 5.82 Å². The molecule has 2 heterocycles. The molecule has 1 N–H and O–H groups in total. The second kappa shape index (κ2) is 5.91. The lowest BCUT2D eigenvalue weighted by Gasteiger charge is -2.22. The smallest absolute Gasteiger partial charge is 0.230 e. The molecule has 0 aliphatic carbocycles. The molecule has 0 bridgehead atoms. The maximum absolute atomic E-state index is 13.0. The third-order valence-electron chi connectivity index (χ3n) is 3.79. The van der Waals surface area contributed by atoms with Crippen LogP contribution in [0, 0.1) is 5.82 Å². The van der Waals surface area contributed by atoms with Crippen molar-refractivity contribution in [3.8, 4) is 0 Å². The molecule has 0 unspecified atom stereocenters. The Morgan fingerprint density at radius 2 is 2.00 bits per heavy atom. The van der Waals surface area contributed by atoms with Crippen molar-refractivity contribution < 1.29 is 13.9 Å². The molecule has 1 saturated heterocycles. The van der Waals surface area contributed by atoms with Crippen molar-refractivity contribution in [2.45, 2.75) is 38.5 Å². The average Bonchev–Trinajstić information content (AvgIpc) is 3.07. The van der Waals surface area contributed by atoms with Gasteiger partial charge in [-0.15, -0.1) is 10.2 Å². The summed E-state index contributed by atoms with van der Waals surface area (Å²) >= 11 is 0. The van der Waals surface area contributed by atoms with Gasteiger partial charge in [0.2, 0.25) is 11.8 Å². The number of benzene rings is 1. The fourth-order valence-electron chi connectivity index (χ4n) is 2.75. The van der Waals surface area contributed by atoms with Crippen molar-refractivity contribution in [3.63, 3.8) is 0 Å². The van der Waals surface area contributed by atoms with E-state index < -0.39 is 6.10 Å². The molecule has 0 saturated carbocycles. The molecular weight excluding hydrogens is 273 g/mol. The summed E-state index contributed by atoms with van der Waals surface area (Å²) in [6.07, 6.45) is 0.936. The van der Waals surface area contributed by atoms with Crippen molar-refractivity contribution in [1.82, 2.24) is 15.1 Å². The molecule has 2 atom stereocenters. The first kappa shape index (κ1) is 14.2. The van der Waals surface area contributed by atoms with Gasteiger partial charge in [0, 0.05) is 19.0 Å². The number of β-amino-alcohol motifs (C(OH)–C–C–N with tert-alkyl or cyclic N) is 1. The molecule has 1 aliphatic rings. The predicted octanol–water partition coefficient (Wildman–Crippen LogP) is 2.08. The highest BCUT2D eigenvalue weighted by Crippen LogP contribution is 2.33. The quantitative estimate of drug-likeness (QED) is 0.934. The molecular formula is C15H18FN3O2. The zero-order valence-electron chi connectivity index (χ0n) is 11.9. The number of aliphatic hydroxyl groups excluding tert-OH is 1. The van der Waals surface area contributed by atoms with Crippen LogP contribution >= 0.6 is 0 Å². The normalized spacial score (nSPS) is 22.8. The number of hydrogen-bond acceptors (Lipinski definition) is 5. The van der Waals surface area contributed by atoms with Crippen molar-refractivity contribution in [2.24, 2.45) is 0 Å². The van der Waals surface area contributed by atoms with Crippen LogP contribution in [0.15, 0.2) is 28.7 Å². The van der Waals surface area contributed by atoms with E-state index >= 15 is 0 Å². The van der Waals surface area contributed by atoms with E-state index in [2.05, 4.69) is 15.1 Å². The molecule has 1 fully saturated rings. The van der Waals surface area contributed by atoms with Crippen molar-refractivity contribution in [1.29, 1.82) is 0 Å². The molecule has 1 aromatic carbocycles. The summed E-state index contributed by atoms with van der Waals surface area (Å²) in [4.78, 5) is 2.09. The minimum atomic E-state index is -0.395. The first-order chi connectivity index (χ1) is 10.2. The highest BCUT2D eigenvalue weighted by molar-refractivity contribution is 5.21. The van der Waals surface area contributed by atoms with Gasteiger partial charge in [-0.3, -0.25) is 4.90 Å². The Bertz CT molecular complexity index is 599. The van der Waals surface area contributed by atoms with E-state index in [0.29, 0.717) is 37.7 Å². The topological polar surface area (TPSA) is 62.4 Å². The summed E-state index contributed by atoms with van der Waals surface area (Å²) in [7, 11) is 0. The van der Waals surface area contributed by atoms with E-state index in [1.807, 2.05) is 6.92 Å². The van der Waals surface area contributed by atoms with E-state index in [9.17, 15) is 9.50 Å². The van der Waals surface area contributed by atoms with Gasteiger partial charge >= 0.3 is 0 Å². The van der Waals surface area contributed by atoms with E-state index in [1.54, 1.807) is 12.1 Å². The Labute approximate surface area is 122 Å². The van der Waals surface area contributed by atoms with Crippen LogP contribution < -0.4 is 0 Å². The Kier molecular flexibility index (Phi) is 3.98.